The molecule has 1 N–H and O–H groups in total. The first-order valence-electron chi connectivity index (χ1n) is 10.3. The fourth-order valence-corrected chi connectivity index (χ4v) is 4.21. The first-order chi connectivity index (χ1) is 14.1. The van der Waals surface area contributed by atoms with Gasteiger partial charge in [-0.15, -0.1) is 0 Å². The van der Waals surface area contributed by atoms with Crippen LogP contribution in [0.3, 0.4) is 0 Å². The van der Waals surface area contributed by atoms with Gasteiger partial charge in [-0.1, -0.05) is 34.1 Å². The summed E-state index contributed by atoms with van der Waals surface area (Å²) in [5, 5.41) is 3.18. The van der Waals surface area contributed by atoms with Crippen LogP contribution in [0.25, 0.3) is 0 Å². The normalized spacial score (nSPS) is 18.3. The SMILES string of the molecule is CC(NC(=O)C1CCN(Cc2ccc(Br)cc2)CC1)c1ccc2c(c1)OCCO2. The number of benzene rings is 2. The summed E-state index contributed by atoms with van der Waals surface area (Å²) >= 11 is 3.48. The molecule has 0 aliphatic carbocycles. The molecule has 0 saturated carbocycles. The number of piperidine rings is 1. The maximum atomic E-state index is 12.8. The van der Waals surface area contributed by atoms with Crippen molar-refractivity contribution in [1.82, 2.24) is 10.2 Å². The third-order valence-electron chi connectivity index (χ3n) is 5.70. The van der Waals surface area contributed by atoms with Crippen molar-refractivity contribution in [1.29, 1.82) is 0 Å². The Kier molecular flexibility index (Phi) is 6.40. The van der Waals surface area contributed by atoms with Crippen LogP contribution in [0, 0.1) is 5.92 Å². The number of likely N-dealkylation sites (tertiary alicyclic amines) is 1. The van der Waals surface area contributed by atoms with Crippen molar-refractivity contribution < 1.29 is 14.3 Å². The molecule has 1 saturated heterocycles. The van der Waals surface area contributed by atoms with E-state index in [0.29, 0.717) is 13.2 Å². The van der Waals surface area contributed by atoms with Crippen LogP contribution in [0.2, 0.25) is 0 Å². The summed E-state index contributed by atoms with van der Waals surface area (Å²) in [6, 6.07) is 14.3. The van der Waals surface area contributed by atoms with E-state index in [1.165, 1.54) is 5.56 Å². The highest BCUT2D eigenvalue weighted by Gasteiger charge is 2.26. The molecule has 0 aromatic heterocycles. The van der Waals surface area contributed by atoms with E-state index in [-0.39, 0.29) is 17.9 Å². The van der Waals surface area contributed by atoms with Gasteiger partial charge in [0.2, 0.25) is 5.91 Å². The molecule has 0 spiro atoms. The van der Waals surface area contributed by atoms with E-state index in [1.807, 2.05) is 25.1 Å². The summed E-state index contributed by atoms with van der Waals surface area (Å²) < 4.78 is 12.3. The molecule has 5 nitrogen and oxygen atoms in total. The molecule has 2 aliphatic rings. The molecule has 1 amide bonds. The van der Waals surface area contributed by atoms with Crippen molar-refractivity contribution in [2.75, 3.05) is 26.3 Å². The molecule has 2 heterocycles. The Labute approximate surface area is 180 Å². The summed E-state index contributed by atoms with van der Waals surface area (Å²) in [5.41, 5.74) is 2.35. The second-order valence-corrected chi connectivity index (χ2v) is 8.73. The van der Waals surface area contributed by atoms with E-state index in [9.17, 15) is 4.79 Å². The number of nitrogens with zero attached hydrogens (tertiary/aromatic N) is 1. The Morgan fingerprint density at radius 1 is 1.10 bits per heavy atom. The van der Waals surface area contributed by atoms with Crippen LogP contribution in [0.5, 0.6) is 11.5 Å². The van der Waals surface area contributed by atoms with Gasteiger partial charge < -0.3 is 14.8 Å². The minimum Gasteiger partial charge on any atom is -0.486 e. The van der Waals surface area contributed by atoms with Crippen LogP contribution in [-0.2, 0) is 11.3 Å². The highest BCUT2D eigenvalue weighted by molar-refractivity contribution is 9.10. The number of nitrogens with one attached hydrogen (secondary N) is 1. The summed E-state index contributed by atoms with van der Waals surface area (Å²) in [5.74, 6) is 1.76. The van der Waals surface area contributed by atoms with E-state index < -0.39 is 0 Å². The zero-order valence-electron chi connectivity index (χ0n) is 16.7. The average molecular weight is 459 g/mol. The fourth-order valence-electron chi connectivity index (χ4n) is 3.95. The topological polar surface area (TPSA) is 50.8 Å². The van der Waals surface area contributed by atoms with Gasteiger partial charge >= 0.3 is 0 Å². The van der Waals surface area contributed by atoms with Crippen molar-refractivity contribution in [3.05, 3.63) is 58.1 Å². The summed E-state index contributed by atoms with van der Waals surface area (Å²) in [6.07, 6.45) is 1.80. The van der Waals surface area contributed by atoms with E-state index >= 15 is 0 Å². The van der Waals surface area contributed by atoms with Crippen molar-refractivity contribution >= 4 is 21.8 Å². The predicted molar refractivity (Wildman–Crippen MR) is 116 cm³/mol. The molecule has 0 bridgehead atoms. The molecule has 1 fully saturated rings. The summed E-state index contributed by atoms with van der Waals surface area (Å²) in [6.45, 7) is 6.01. The van der Waals surface area contributed by atoms with E-state index in [1.54, 1.807) is 0 Å². The van der Waals surface area contributed by atoms with Gasteiger partial charge in [0.15, 0.2) is 11.5 Å². The van der Waals surface area contributed by atoms with Gasteiger partial charge in [0.1, 0.15) is 13.2 Å². The van der Waals surface area contributed by atoms with Crippen LogP contribution in [0.15, 0.2) is 46.9 Å². The van der Waals surface area contributed by atoms with Gasteiger partial charge in [0, 0.05) is 16.9 Å². The summed E-state index contributed by atoms with van der Waals surface area (Å²) in [7, 11) is 0. The van der Waals surface area contributed by atoms with Gasteiger partial charge in [-0.25, -0.2) is 0 Å². The number of halogens is 1. The van der Waals surface area contributed by atoms with E-state index in [0.717, 1.165) is 54.0 Å². The average Bonchev–Trinajstić information content (AvgIpc) is 2.75. The lowest BCUT2D eigenvalue weighted by Gasteiger charge is -2.32. The van der Waals surface area contributed by atoms with Gasteiger partial charge in [-0.05, 0) is 68.2 Å². The number of rotatable bonds is 5. The van der Waals surface area contributed by atoms with Crippen LogP contribution in [-0.4, -0.2) is 37.1 Å². The second-order valence-electron chi connectivity index (χ2n) is 7.81. The Bertz CT molecular complexity index is 848. The minimum absolute atomic E-state index is 0.0564. The Hall–Kier alpha value is -2.05. The molecule has 0 radical (unpaired) electrons. The molecule has 29 heavy (non-hydrogen) atoms. The quantitative estimate of drug-likeness (QED) is 0.724. The second kappa shape index (κ2) is 9.18. The van der Waals surface area contributed by atoms with E-state index in [4.69, 9.17) is 9.47 Å². The number of hydrogen-bond acceptors (Lipinski definition) is 4. The highest BCUT2D eigenvalue weighted by Crippen LogP contribution is 2.32. The lowest BCUT2D eigenvalue weighted by atomic mass is 9.94. The molecule has 6 heteroatoms. The standard InChI is InChI=1S/C23H27BrN2O3/c1-16(19-4-7-21-22(14-19)29-13-12-28-21)25-23(27)18-8-10-26(11-9-18)15-17-2-5-20(24)6-3-17/h2-7,14,16,18H,8-13,15H2,1H3,(H,25,27). The van der Waals surface area contributed by atoms with Crippen molar-refractivity contribution in [2.45, 2.75) is 32.4 Å². The van der Waals surface area contributed by atoms with Gasteiger partial charge in [0.05, 0.1) is 6.04 Å². The molecule has 4 rings (SSSR count). The lowest BCUT2D eigenvalue weighted by molar-refractivity contribution is -0.127. The third-order valence-corrected chi connectivity index (χ3v) is 6.23. The maximum absolute atomic E-state index is 12.8. The van der Waals surface area contributed by atoms with Crippen molar-refractivity contribution in [3.63, 3.8) is 0 Å². The Morgan fingerprint density at radius 2 is 1.79 bits per heavy atom. The molecule has 2 aliphatic heterocycles. The number of hydrogen-bond donors (Lipinski definition) is 1. The van der Waals surface area contributed by atoms with Gasteiger partial charge in [-0.3, -0.25) is 9.69 Å². The first kappa shape index (κ1) is 20.2. The molecule has 2 aromatic rings. The number of fused-ring (bicyclic) bond motifs is 1. The third kappa shape index (κ3) is 5.11. The molecule has 154 valence electrons. The largest absolute Gasteiger partial charge is 0.486 e. The van der Waals surface area contributed by atoms with Crippen molar-refractivity contribution in [2.24, 2.45) is 5.92 Å². The lowest BCUT2D eigenvalue weighted by Crippen LogP contribution is -2.40. The highest BCUT2D eigenvalue weighted by atomic mass is 79.9. The Morgan fingerprint density at radius 3 is 2.52 bits per heavy atom. The monoisotopic (exact) mass is 458 g/mol. The maximum Gasteiger partial charge on any atom is 0.223 e. The molecule has 2 aromatic carbocycles. The number of carbonyl (C=O) groups excluding carboxylic acids is 1. The van der Waals surface area contributed by atoms with Crippen LogP contribution in [0.1, 0.15) is 36.9 Å². The van der Waals surface area contributed by atoms with Crippen LogP contribution in [0.4, 0.5) is 0 Å². The van der Waals surface area contributed by atoms with E-state index in [2.05, 4.69) is 50.4 Å². The van der Waals surface area contributed by atoms with Gasteiger partial charge in [0.25, 0.3) is 0 Å². The van der Waals surface area contributed by atoms with Crippen LogP contribution < -0.4 is 14.8 Å². The number of carbonyl (C=O) groups is 1. The van der Waals surface area contributed by atoms with Gasteiger partial charge in [-0.2, -0.15) is 0 Å². The Balaban J connectivity index is 1.27. The molecular weight excluding hydrogens is 432 g/mol. The number of ether oxygens (including phenoxy) is 2. The van der Waals surface area contributed by atoms with Crippen molar-refractivity contribution in [3.8, 4) is 11.5 Å². The predicted octanol–water partition coefficient (Wildman–Crippen LogP) is 4.31. The molecule has 1 atom stereocenters. The minimum atomic E-state index is -0.0564. The van der Waals surface area contributed by atoms with Crippen LogP contribution >= 0.6 is 15.9 Å². The first-order valence-corrected chi connectivity index (χ1v) is 11.0. The fraction of sp³-hybridized carbons (Fsp3) is 0.435. The zero-order valence-corrected chi connectivity index (χ0v) is 18.3. The zero-order chi connectivity index (χ0) is 20.2. The number of amides is 1. The summed E-state index contributed by atoms with van der Waals surface area (Å²) in [4.78, 5) is 15.2. The smallest absolute Gasteiger partial charge is 0.223 e. The molecular formula is C23H27BrN2O3. The molecule has 1 unspecified atom stereocenters.